The number of carbonyl (C=O) groups excluding carboxylic acids is 2. The molecule has 0 atom stereocenters. The van der Waals surface area contributed by atoms with Gasteiger partial charge in [-0.2, -0.15) is 0 Å². The molecule has 544 valence electrons. The van der Waals surface area contributed by atoms with E-state index in [0.29, 0.717) is 24.3 Å². The Kier molecular flexibility index (Phi) is 26.2. The maximum absolute atomic E-state index is 13.7. The number of esters is 2. The third-order valence-corrected chi connectivity index (χ3v) is 29.1. The van der Waals surface area contributed by atoms with Gasteiger partial charge in [0.25, 0.3) is 90.1 Å². The summed E-state index contributed by atoms with van der Waals surface area (Å²) in [5.41, 5.74) is 35.1. The molecule has 8 rings (SSSR count). The number of hydrogen-bond donors (Lipinski definition) is 0. The van der Waals surface area contributed by atoms with Crippen molar-refractivity contribution in [1.82, 2.24) is 0 Å². The lowest BCUT2D eigenvalue weighted by molar-refractivity contribution is -0.385. The summed E-state index contributed by atoms with van der Waals surface area (Å²) in [5.74, 6) is -8.23. The van der Waals surface area contributed by atoms with Crippen molar-refractivity contribution in [3.63, 3.8) is 0 Å². The number of ether oxygens (including phenoxy) is 2. The van der Waals surface area contributed by atoms with Crippen molar-refractivity contribution in [2.24, 2.45) is 0 Å². The molecular formula is C56H36F6N10O24S8. The Hall–Kier alpha value is -11.8. The summed E-state index contributed by atoms with van der Waals surface area (Å²) in [7, 11) is -39.3. The molecule has 0 amide bonds. The first-order valence-electron chi connectivity index (χ1n) is 26.6. The van der Waals surface area contributed by atoms with Gasteiger partial charge in [0.05, 0.1) is 39.2 Å². The van der Waals surface area contributed by atoms with Crippen molar-refractivity contribution in [1.29, 1.82) is 0 Å². The predicted octanol–water partition coefficient (Wildman–Crippen LogP) is 6.58. The van der Waals surface area contributed by atoms with Crippen LogP contribution < -0.4 is 9.47 Å². The van der Waals surface area contributed by atoms with Crippen LogP contribution in [0.3, 0.4) is 0 Å². The summed E-state index contributed by atoms with van der Waals surface area (Å²) in [5, 5.41) is 21.2. The Morgan fingerprint density at radius 2 is 0.510 bits per heavy atom. The number of halogens is 6. The lowest BCUT2D eigenvalue weighted by atomic mass is 10.3. The first kappa shape index (κ1) is 82.9. The molecule has 48 heteroatoms. The molecule has 0 aliphatic rings. The molecule has 8 aromatic rings. The van der Waals surface area contributed by atoms with Gasteiger partial charge < -0.3 is 31.6 Å². The smallest absolute Gasteiger partial charge is 0.427 e. The number of nitrogens with zero attached hydrogens (tertiary/aromatic N) is 10. The summed E-state index contributed by atoms with van der Waals surface area (Å²) in [4.78, 5) is 44.8. The molecule has 34 nitrogen and oxygen atoms in total. The average molecular weight is 1600 g/mol. The van der Waals surface area contributed by atoms with Crippen molar-refractivity contribution in [3.8, 4) is 11.5 Å². The summed E-state index contributed by atoms with van der Waals surface area (Å²) in [6.45, 7) is 2.31. The highest BCUT2D eigenvalue weighted by molar-refractivity contribution is 8.32. The van der Waals surface area contributed by atoms with E-state index in [2.05, 4.69) is 19.2 Å². The molecule has 0 saturated heterocycles. The van der Waals surface area contributed by atoms with Crippen molar-refractivity contribution < 1.29 is 142 Å². The minimum atomic E-state index is -5.32. The molecule has 0 radical (unpaired) electrons. The maximum atomic E-state index is 13.7. The molecule has 0 heterocycles. The number of sulfone groups is 8. The third kappa shape index (κ3) is 19.0. The fourth-order valence-corrected chi connectivity index (χ4v) is 21.0. The molecule has 0 N–H and O–H groups in total. The quantitative estimate of drug-likeness (QED) is 0.0119. The van der Waals surface area contributed by atoms with Gasteiger partial charge in [-0.05, 0) is 146 Å². The summed E-state index contributed by atoms with van der Waals surface area (Å²) in [6, 6.07) is 23.8. The van der Waals surface area contributed by atoms with Gasteiger partial charge in [0.2, 0.25) is 0 Å². The maximum Gasteiger partial charge on any atom is 0.504 e. The monoisotopic (exact) mass is 1600 g/mol. The van der Waals surface area contributed by atoms with Gasteiger partial charge in [0, 0.05) is 50.2 Å². The highest BCUT2D eigenvalue weighted by Crippen LogP contribution is 2.29. The van der Waals surface area contributed by atoms with Crippen LogP contribution in [0.25, 0.3) is 22.1 Å². The molecule has 0 bridgehead atoms. The van der Waals surface area contributed by atoms with E-state index in [-0.39, 0.29) is 23.6 Å². The number of non-ortho nitro benzene ring substituents is 2. The van der Waals surface area contributed by atoms with Gasteiger partial charge in [-0.15, -0.1) is 19.2 Å². The van der Waals surface area contributed by atoms with E-state index in [1.165, 1.54) is 0 Å². The molecule has 0 aliphatic heterocycles. The first-order valence-corrected chi connectivity index (χ1v) is 38.4. The van der Waals surface area contributed by atoms with Crippen LogP contribution in [-0.4, -0.2) is 126 Å². The van der Waals surface area contributed by atoms with Gasteiger partial charge in [-0.25, -0.2) is 93.7 Å². The second kappa shape index (κ2) is 32.9. The molecule has 8 aromatic carbocycles. The largest absolute Gasteiger partial charge is 0.504 e. The summed E-state index contributed by atoms with van der Waals surface area (Å²) >= 11 is 0. The van der Waals surface area contributed by atoms with Gasteiger partial charge >= 0.3 is 29.4 Å². The van der Waals surface area contributed by atoms with Gasteiger partial charge in [-0.1, -0.05) is 0 Å². The van der Waals surface area contributed by atoms with E-state index in [4.69, 9.17) is 31.6 Å². The number of nitro benzene ring substituents is 2. The summed E-state index contributed by atoms with van der Waals surface area (Å²) in [6.07, 6.45) is 0. The fourth-order valence-electron chi connectivity index (χ4n) is 7.61. The van der Waals surface area contributed by atoms with E-state index in [0.717, 1.165) is 159 Å². The second-order valence-electron chi connectivity index (χ2n) is 19.2. The highest BCUT2D eigenvalue weighted by atomic mass is 32.3. The number of rotatable bonds is 12. The minimum absolute atomic E-state index is 0.0443. The third-order valence-electron chi connectivity index (χ3n) is 12.3. The normalized spacial score (nSPS) is 11.5. The Labute approximate surface area is 581 Å². The van der Waals surface area contributed by atoms with Crippen molar-refractivity contribution in [3.05, 3.63) is 259 Å². The Morgan fingerprint density at radius 1 is 0.317 bits per heavy atom. The lowest BCUT2D eigenvalue weighted by Crippen LogP contribution is -2.27. The van der Waals surface area contributed by atoms with E-state index in [9.17, 15) is 124 Å². The SMILES string of the molecule is CC(=O)Oc1ccc(S(=O)(=O)C(=[N+]=[N-])S(=O)(=O)c2ccc(OC(C)=O)cc2)cc1.[N-]=[N+]=C(S(=O)(=O)c1ccc(F)cc1)S(=O)(=O)c1ccc(F)cc1.[N-]=[N+]=C(S(=O)(=O)c1ccc(F)cc1F)S(=O)(=O)c1ccc(F)cc1F.[N-]=[N+]=C(S(=O)(=O)c1ccc([N+](=O)[O-])cc1)S(=O)(=O)c1ccc([N+](=O)[O-])cc1. The average Bonchev–Trinajstić information content (AvgIpc) is 0.788. The molecule has 104 heavy (non-hydrogen) atoms. The van der Waals surface area contributed by atoms with Crippen molar-refractivity contribution in [2.75, 3.05) is 0 Å². The molecule has 0 fully saturated rings. The zero-order chi connectivity index (χ0) is 78.5. The van der Waals surface area contributed by atoms with E-state index in [1.54, 1.807) is 0 Å². The van der Waals surface area contributed by atoms with E-state index < -0.39 is 203 Å². The predicted molar refractivity (Wildman–Crippen MR) is 339 cm³/mol. The zero-order valence-corrected chi connectivity index (χ0v) is 57.7. The zero-order valence-electron chi connectivity index (χ0n) is 51.1. The molecule has 0 aromatic heterocycles. The second-order valence-corrected chi connectivity index (χ2v) is 35.1. The standard InChI is InChI=1S/C17H14N2O8S2.C13H6F4N2O4S2.C13H8F2N2O4S2.C13H8N4O8S2/c1-11(20)26-13-3-7-15(8-4-13)28(22,23)17(19-18)29(24,25)16-9-5-14(6-10-16)27-12(2)21;14-7-1-3-11(9(16)5-7)24(20,21)13(19-18)25(22,23)12-4-2-8(15)6-10(12)17;14-9-1-5-11(6-2-9)22(18,19)13(17-16)23(20,21)12-7-3-10(15)4-8-12;14-15-13(26(22,23)11-5-1-9(2-6-11)16(18)19)27(24,25)12-7-3-10(4-8-12)17(20)21/h3-10H,1-2H3;1-6H;1-8H;1-8H. The topological polar surface area (TPSA) is 558 Å². The molecule has 0 saturated carbocycles. The summed E-state index contributed by atoms with van der Waals surface area (Å²) < 4.78 is 281. The highest BCUT2D eigenvalue weighted by Gasteiger charge is 2.49. The van der Waals surface area contributed by atoms with Crippen LogP contribution >= 0.6 is 0 Å². The Morgan fingerprint density at radius 3 is 0.702 bits per heavy atom. The van der Waals surface area contributed by atoms with Crippen LogP contribution in [0.5, 0.6) is 11.5 Å². The Balaban J connectivity index is 0.000000250. The molecular weight excluding hydrogens is 1570 g/mol. The first-order chi connectivity index (χ1) is 48.2. The molecule has 0 spiro atoms. The number of nitro groups is 2. The lowest BCUT2D eigenvalue weighted by Gasteiger charge is -2.05. The van der Waals surface area contributed by atoms with Gasteiger partial charge in [0.1, 0.15) is 56.2 Å². The van der Waals surface area contributed by atoms with E-state index >= 15 is 0 Å². The van der Waals surface area contributed by atoms with Crippen molar-refractivity contribution >= 4 is 120 Å². The van der Waals surface area contributed by atoms with Crippen molar-refractivity contribution in [2.45, 2.75) is 53.0 Å². The fraction of sp³-hybridized carbons (Fsp3) is 0.0357. The van der Waals surface area contributed by atoms with Crippen LogP contribution in [0, 0.1) is 55.1 Å². The Bertz CT molecular complexity index is 5650. The molecule has 0 unspecified atom stereocenters. The number of hydrogen-bond acceptors (Lipinski definition) is 24. The van der Waals surface area contributed by atoms with Crippen LogP contribution in [0.4, 0.5) is 37.7 Å². The van der Waals surface area contributed by atoms with Gasteiger partial charge in [0.15, 0.2) is 0 Å². The van der Waals surface area contributed by atoms with Crippen LogP contribution in [0.15, 0.2) is 221 Å². The number of carbonyl (C=O) groups is 2. The van der Waals surface area contributed by atoms with Gasteiger partial charge in [-0.3, -0.25) is 29.8 Å². The minimum Gasteiger partial charge on any atom is -0.427 e. The number of benzene rings is 8. The van der Waals surface area contributed by atoms with Crippen LogP contribution in [0.2, 0.25) is 0 Å². The van der Waals surface area contributed by atoms with Crippen LogP contribution in [-0.2, 0) is 88.3 Å². The van der Waals surface area contributed by atoms with Crippen LogP contribution in [0.1, 0.15) is 13.8 Å². The molecule has 0 aliphatic carbocycles. The van der Waals surface area contributed by atoms with E-state index in [1.807, 2.05) is 0 Å².